The quantitative estimate of drug-likeness (QED) is 0.0274. The van der Waals surface area contributed by atoms with Crippen molar-refractivity contribution in [3.63, 3.8) is 0 Å². The van der Waals surface area contributed by atoms with Crippen molar-refractivity contribution in [1.29, 1.82) is 0 Å². The van der Waals surface area contributed by atoms with Crippen LogP contribution in [0.15, 0.2) is 30.5 Å². The zero-order chi connectivity index (χ0) is 109. The number of H-pyrrole nitrogens is 1. The Kier molecular flexibility index (Phi) is 50.6. The second kappa shape index (κ2) is 59.6. The number of fused-ring (bicyclic) bond motifs is 1. The van der Waals surface area contributed by atoms with Gasteiger partial charge in [-0.15, -0.1) is 0 Å². The van der Waals surface area contributed by atoms with Crippen LogP contribution < -0.4 is 113 Å². The smallest absolute Gasteiger partial charge is 0.326 e. The van der Waals surface area contributed by atoms with E-state index in [0.29, 0.717) is 35.7 Å². The van der Waals surface area contributed by atoms with Crippen molar-refractivity contribution in [2.45, 2.75) is 300 Å². The Hall–Kier alpha value is -14.2. The van der Waals surface area contributed by atoms with Gasteiger partial charge in [0.2, 0.25) is 124 Å². The predicted molar refractivity (Wildman–Crippen MR) is 505 cm³/mol. The number of nitrogens with zero attached hydrogens (tertiary/aromatic N) is 2. The standard InChI is InChI=1S/C89H140N24O31/c1-12-42(6)69(83(137)104-56(33-62(93)119)88(142)113-30-18-23-60(113)81(135)98-43(7)73(127)95-38-65(122)107-70(45(9)115)85(139)111-71(46(10)116)84(138)105-57(89(143)144)34-67(125)126)109-86(140)72(47(11)117)110-79(133)58(39-114)106-82(136)68(41(4)5)108-78(132)55(32-48-35-94-51-20-14-13-19-49(48)51)103-76(130)53(25-27-66(123)124)102-77(131)54(31-40(2)3)101-64(121)36-96-75(129)52(21-15-16-28-90)100-63(120)37-97-80(134)59-22-17-29-112(59)87(141)44(8)99-74(128)50(91)24-26-61(92)118/h13-14,19-20,35,40-47,50,52-60,68-72,94,114-117H,12,15-18,21-34,36-39,90-91H2,1-11H3,(H2,92,118)(H2,93,119)(H,95,127)(H,96,129)(H,97,134)(H,98,135)(H,99,128)(H,100,120)(H,101,121)(H,102,131)(H,103,130)(H,104,137)(H,105,138)(H,106,136)(H,107,122)(H,108,132)(H,109,140)(H,110,133)(H,111,139)(H,123,124)(H,125,126)(H,143,144)/t42-,43-,44-,45+,46+,47+,50-,52-,53-,54-,55-,56-,57-,58-,59-,60-,68-,69-,70-,71-,72-/m0/s1. The van der Waals surface area contributed by atoms with Crippen molar-refractivity contribution in [3.8, 4) is 0 Å². The van der Waals surface area contributed by atoms with Gasteiger partial charge in [0.15, 0.2) is 0 Å². The van der Waals surface area contributed by atoms with Crippen molar-refractivity contribution in [3.05, 3.63) is 36.0 Å². The highest BCUT2D eigenvalue weighted by molar-refractivity contribution is 6.03. The van der Waals surface area contributed by atoms with E-state index in [4.69, 9.17) is 28.0 Å². The number of hydrogen-bond acceptors (Lipinski definition) is 30. The summed E-state index contributed by atoms with van der Waals surface area (Å²) in [4.78, 5) is 327. The minimum absolute atomic E-state index is 0.0144. The van der Waals surface area contributed by atoms with Crippen molar-refractivity contribution in [1.82, 2.24) is 105 Å². The molecule has 2 saturated heterocycles. The topological polar surface area (TPSA) is 882 Å². The highest BCUT2D eigenvalue weighted by Gasteiger charge is 2.45. The molecule has 0 spiro atoms. The van der Waals surface area contributed by atoms with Crippen molar-refractivity contribution >= 4 is 153 Å². The van der Waals surface area contributed by atoms with Crippen LogP contribution in [0.3, 0.4) is 0 Å². The van der Waals surface area contributed by atoms with Gasteiger partial charge in [0.05, 0.1) is 63.4 Å². The zero-order valence-corrected chi connectivity index (χ0v) is 82.1. The fourth-order valence-electron chi connectivity index (χ4n) is 15.3. The van der Waals surface area contributed by atoms with E-state index >= 15 is 0 Å². The molecule has 0 unspecified atom stereocenters. The van der Waals surface area contributed by atoms with E-state index in [1.807, 2.05) is 10.6 Å². The maximum absolute atomic E-state index is 14.9. The minimum atomic E-state index is -2.03. The molecule has 2 aromatic rings. The first-order valence-electron chi connectivity index (χ1n) is 47.1. The molecular formula is C89H140N24O31. The first-order valence-corrected chi connectivity index (χ1v) is 47.1. The lowest BCUT2D eigenvalue weighted by Gasteiger charge is -2.32. The number of unbranched alkanes of at least 4 members (excludes halogenated alkanes) is 1. The number of carboxylic acids is 3. The van der Waals surface area contributed by atoms with Crippen LogP contribution in [-0.2, 0) is 121 Å². The minimum Gasteiger partial charge on any atom is -0.481 e. The number of amides is 21. The molecule has 0 radical (unpaired) electrons. The lowest BCUT2D eigenvalue weighted by molar-refractivity contribution is -0.148. The number of rotatable bonds is 62. The summed E-state index contributed by atoms with van der Waals surface area (Å²) < 4.78 is 0. The Morgan fingerprint density at radius 2 is 0.896 bits per heavy atom. The number of hydrogen-bond donors (Lipinski definition) is 29. The van der Waals surface area contributed by atoms with E-state index in [2.05, 4.69) is 84.7 Å². The van der Waals surface area contributed by atoms with Crippen LogP contribution >= 0.6 is 0 Å². The number of carbonyl (C=O) groups excluding carboxylic acids is 21. The van der Waals surface area contributed by atoms with E-state index in [9.17, 15) is 146 Å². The van der Waals surface area contributed by atoms with Gasteiger partial charge in [-0.3, -0.25) is 110 Å². The highest BCUT2D eigenvalue weighted by atomic mass is 16.4. The first kappa shape index (κ1) is 122. The van der Waals surface area contributed by atoms with Gasteiger partial charge < -0.3 is 164 Å². The number of aliphatic hydroxyl groups excluding tert-OH is 4. The maximum atomic E-state index is 14.9. The summed E-state index contributed by atoms with van der Waals surface area (Å²) in [6, 6.07) is -20.9. The van der Waals surface area contributed by atoms with E-state index in [-0.39, 0.29) is 83.3 Å². The number of aliphatic carboxylic acids is 3. The van der Waals surface area contributed by atoms with Crippen molar-refractivity contribution in [2.75, 3.05) is 45.9 Å². The number of carboxylic acid groups (broad SMARTS) is 3. The van der Waals surface area contributed by atoms with E-state index in [1.54, 1.807) is 45.0 Å². The van der Waals surface area contributed by atoms with Crippen LogP contribution in [0.25, 0.3) is 10.9 Å². The third-order valence-electron chi connectivity index (χ3n) is 23.5. The molecule has 55 nitrogen and oxygen atoms in total. The number of likely N-dealkylation sites (tertiary alicyclic amines) is 2. The molecule has 21 atom stereocenters. The molecule has 802 valence electrons. The molecule has 2 aliphatic heterocycles. The Balaban J connectivity index is 1.48. The second-order valence-corrected chi connectivity index (χ2v) is 36.2. The molecule has 3 heterocycles. The van der Waals surface area contributed by atoms with Gasteiger partial charge in [-0.2, -0.15) is 0 Å². The summed E-state index contributed by atoms with van der Waals surface area (Å²) in [6.45, 7) is 11.5. The monoisotopic (exact) mass is 2040 g/mol. The number of nitrogens with one attached hydrogen (secondary N) is 18. The molecule has 2 fully saturated rings. The summed E-state index contributed by atoms with van der Waals surface area (Å²) in [5.74, 6) is -28.6. The number of aliphatic hydroxyl groups is 4. The number of benzene rings is 1. The molecule has 55 heteroatoms. The third-order valence-corrected chi connectivity index (χ3v) is 23.5. The SMILES string of the molecule is CC[C@H](C)[C@H](NC(=O)[C@@H](NC(=O)[C@H](CO)NC(=O)[C@@H](NC(=O)[C@H](Cc1c[nH]c2ccccc12)NC(=O)[C@H](CCC(=O)O)NC(=O)[C@H](CC(C)C)NC(=O)CNC(=O)[C@H](CCCCN)NC(=O)CNC(=O)[C@@H]1CCCN1C(=O)[C@H](C)NC(=O)[C@@H](N)CCC(N)=O)C(C)C)[C@@H](C)O)C(=O)N[C@@H](CC(N)=O)C(=O)N1CCC[C@H]1C(=O)N[C@@H](C)C(=O)NCC(=O)N[C@H](C(=O)N[C@H](C(=O)N[C@@H](CC(=O)O)C(=O)O)[C@@H](C)O)[C@@H](C)O. The van der Waals surface area contributed by atoms with Crippen LogP contribution in [-0.4, -0.2) is 359 Å². The molecular weight excluding hydrogens is 1900 g/mol. The van der Waals surface area contributed by atoms with Crippen LogP contribution in [0, 0.1) is 17.8 Å². The number of primary amides is 2. The molecule has 0 saturated carbocycles. The third kappa shape index (κ3) is 39.6. The van der Waals surface area contributed by atoms with Crippen LogP contribution in [0.4, 0.5) is 0 Å². The van der Waals surface area contributed by atoms with Crippen LogP contribution in [0.1, 0.15) is 178 Å². The number of para-hydroxylation sites is 1. The summed E-state index contributed by atoms with van der Waals surface area (Å²) in [5.41, 5.74) is 23.3. The zero-order valence-electron chi connectivity index (χ0n) is 82.1. The average Bonchev–Trinajstić information content (AvgIpc) is 1.75. The van der Waals surface area contributed by atoms with Gasteiger partial charge in [0, 0.05) is 49.5 Å². The van der Waals surface area contributed by atoms with Crippen molar-refractivity contribution in [2.24, 2.45) is 40.7 Å². The number of nitrogens with two attached hydrogens (primary N) is 4. The lowest BCUT2D eigenvalue weighted by Crippen LogP contribution is -2.63. The molecule has 1 aromatic carbocycles. The molecule has 0 bridgehead atoms. The average molecular weight is 2040 g/mol. The molecule has 21 amide bonds. The lowest BCUT2D eigenvalue weighted by atomic mass is 9.96. The van der Waals surface area contributed by atoms with E-state index < -0.39 is 327 Å². The predicted octanol–water partition coefficient (Wildman–Crippen LogP) is -11.2. The van der Waals surface area contributed by atoms with Gasteiger partial charge in [0.1, 0.15) is 96.7 Å². The van der Waals surface area contributed by atoms with Gasteiger partial charge in [-0.25, -0.2) is 4.79 Å². The largest absolute Gasteiger partial charge is 0.481 e. The molecule has 144 heavy (non-hydrogen) atoms. The van der Waals surface area contributed by atoms with Gasteiger partial charge in [0.25, 0.3) is 0 Å². The Bertz CT molecular complexity index is 4900. The van der Waals surface area contributed by atoms with Gasteiger partial charge >= 0.3 is 17.9 Å². The Labute approximate surface area is 828 Å². The second-order valence-electron chi connectivity index (χ2n) is 36.2. The van der Waals surface area contributed by atoms with E-state index in [0.717, 1.165) is 25.7 Å². The molecule has 1 aromatic heterocycles. The Morgan fingerprint density at radius 1 is 0.431 bits per heavy atom. The number of aromatic amines is 1. The van der Waals surface area contributed by atoms with Gasteiger partial charge in [-0.1, -0.05) is 66.2 Å². The Morgan fingerprint density at radius 3 is 1.44 bits per heavy atom. The fraction of sp³-hybridized carbons (Fsp3) is 0.640. The highest BCUT2D eigenvalue weighted by Crippen LogP contribution is 2.24. The first-order chi connectivity index (χ1) is 67.6. The van der Waals surface area contributed by atoms with Crippen LogP contribution in [0.5, 0.6) is 0 Å². The molecule has 0 aliphatic carbocycles. The normalized spacial score (nSPS) is 17.3. The number of aromatic nitrogens is 1. The van der Waals surface area contributed by atoms with Crippen LogP contribution in [0.2, 0.25) is 0 Å². The molecule has 2 aliphatic rings. The summed E-state index contributed by atoms with van der Waals surface area (Å²) >= 11 is 0. The summed E-state index contributed by atoms with van der Waals surface area (Å²) in [5, 5.41) is 111. The fourth-order valence-corrected chi connectivity index (χ4v) is 15.3. The number of carbonyl (C=O) groups is 24. The maximum Gasteiger partial charge on any atom is 0.326 e. The van der Waals surface area contributed by atoms with E-state index in [1.165, 1.54) is 45.7 Å². The summed E-state index contributed by atoms with van der Waals surface area (Å²) in [6.07, 6.45) is -6.51. The summed E-state index contributed by atoms with van der Waals surface area (Å²) in [7, 11) is 0. The molecule has 4 rings (SSSR count). The van der Waals surface area contributed by atoms with Gasteiger partial charge in [-0.05, 0) is 135 Å². The van der Waals surface area contributed by atoms with Crippen molar-refractivity contribution < 1.29 is 151 Å². The molecule has 33 N–H and O–H groups in total.